The Morgan fingerprint density at radius 1 is 1.26 bits per heavy atom. The Morgan fingerprint density at radius 3 is 2.68 bits per heavy atom. The van der Waals surface area contributed by atoms with Crippen molar-refractivity contribution in [1.82, 2.24) is 0 Å². The van der Waals surface area contributed by atoms with Crippen LogP contribution in [0.5, 0.6) is 5.75 Å². The number of carbonyl (C=O) groups is 2. The van der Waals surface area contributed by atoms with Crippen LogP contribution in [0.3, 0.4) is 0 Å². The van der Waals surface area contributed by atoms with Gasteiger partial charge in [-0.3, -0.25) is 9.59 Å². The quantitative estimate of drug-likeness (QED) is 0.833. The van der Waals surface area contributed by atoms with Gasteiger partial charge in [0.05, 0.1) is 0 Å². The Balaban J connectivity index is 1.85. The maximum atomic E-state index is 11.6. The molecule has 0 aromatic heterocycles. The summed E-state index contributed by atoms with van der Waals surface area (Å²) in [6.07, 6.45) is 0.751. The van der Waals surface area contributed by atoms with Crippen LogP contribution in [0, 0.1) is 6.07 Å². The zero-order chi connectivity index (χ0) is 13.5. The van der Waals surface area contributed by atoms with E-state index in [1.54, 1.807) is 48.5 Å². The highest BCUT2D eigenvalue weighted by molar-refractivity contribution is 5.92. The molecule has 4 heteroatoms. The monoisotopic (exact) mass is 254 g/mol. The number of ether oxygens (including phenoxy) is 1. The number of benzene rings is 2. The van der Waals surface area contributed by atoms with Gasteiger partial charge in [-0.1, -0.05) is 12.1 Å². The van der Waals surface area contributed by atoms with Crippen LogP contribution in [-0.4, -0.2) is 18.8 Å². The van der Waals surface area contributed by atoms with Gasteiger partial charge in [-0.15, -0.1) is 0 Å². The number of hydrogen-bond donors (Lipinski definition) is 1. The fraction of sp³-hybridized carbons (Fsp3) is 0.0667. The molecule has 1 radical (unpaired) electrons. The van der Waals surface area contributed by atoms with E-state index in [1.807, 2.05) is 0 Å². The molecule has 2 rings (SSSR count). The molecule has 0 aliphatic heterocycles. The number of rotatable bonds is 5. The van der Waals surface area contributed by atoms with E-state index in [-0.39, 0.29) is 12.5 Å². The average molecular weight is 254 g/mol. The first-order valence-electron chi connectivity index (χ1n) is 5.72. The number of aldehydes is 1. The van der Waals surface area contributed by atoms with Crippen LogP contribution in [-0.2, 0) is 4.79 Å². The van der Waals surface area contributed by atoms with Crippen molar-refractivity contribution < 1.29 is 14.3 Å². The minimum absolute atomic E-state index is 0.0761. The summed E-state index contributed by atoms with van der Waals surface area (Å²) in [7, 11) is 0. The van der Waals surface area contributed by atoms with Crippen molar-refractivity contribution in [2.75, 3.05) is 11.9 Å². The first-order valence-corrected chi connectivity index (χ1v) is 5.72. The van der Waals surface area contributed by atoms with E-state index in [0.717, 1.165) is 6.29 Å². The summed E-state index contributed by atoms with van der Waals surface area (Å²) >= 11 is 0. The largest absolute Gasteiger partial charge is 0.484 e. The van der Waals surface area contributed by atoms with E-state index >= 15 is 0 Å². The van der Waals surface area contributed by atoms with Crippen LogP contribution < -0.4 is 10.1 Å². The van der Waals surface area contributed by atoms with Crippen molar-refractivity contribution in [3.05, 3.63) is 60.2 Å². The minimum Gasteiger partial charge on any atom is -0.484 e. The van der Waals surface area contributed by atoms with E-state index < -0.39 is 0 Å². The van der Waals surface area contributed by atoms with Crippen molar-refractivity contribution in [2.45, 2.75) is 0 Å². The van der Waals surface area contributed by atoms with Crippen LogP contribution in [0.2, 0.25) is 0 Å². The van der Waals surface area contributed by atoms with E-state index in [0.29, 0.717) is 17.0 Å². The van der Waals surface area contributed by atoms with Crippen LogP contribution in [0.4, 0.5) is 5.69 Å². The summed E-state index contributed by atoms with van der Waals surface area (Å²) in [6, 6.07) is 16.4. The predicted molar refractivity (Wildman–Crippen MR) is 71.2 cm³/mol. The topological polar surface area (TPSA) is 55.4 Å². The van der Waals surface area contributed by atoms with E-state index in [1.165, 1.54) is 0 Å². The summed E-state index contributed by atoms with van der Waals surface area (Å²) in [4.78, 5) is 22.1. The lowest BCUT2D eigenvalue weighted by Crippen LogP contribution is -2.20. The highest BCUT2D eigenvalue weighted by atomic mass is 16.5. The maximum Gasteiger partial charge on any atom is 0.262 e. The predicted octanol–water partition coefficient (Wildman–Crippen LogP) is 2.32. The average Bonchev–Trinajstić information content (AvgIpc) is 2.47. The SMILES string of the molecule is O=Cc1ccc(NC(=O)COc2c[c]ccc2)cc1. The van der Waals surface area contributed by atoms with E-state index in [2.05, 4.69) is 11.4 Å². The molecule has 0 saturated carbocycles. The van der Waals surface area contributed by atoms with Gasteiger partial charge in [-0.2, -0.15) is 0 Å². The molecule has 4 nitrogen and oxygen atoms in total. The molecule has 0 unspecified atom stereocenters. The number of anilines is 1. The van der Waals surface area contributed by atoms with Gasteiger partial charge in [0.2, 0.25) is 0 Å². The molecular weight excluding hydrogens is 242 g/mol. The highest BCUT2D eigenvalue weighted by Gasteiger charge is 2.03. The zero-order valence-corrected chi connectivity index (χ0v) is 10.1. The Bertz CT molecular complexity index is 549. The fourth-order valence-electron chi connectivity index (χ4n) is 1.46. The first-order chi connectivity index (χ1) is 9.28. The van der Waals surface area contributed by atoms with Gasteiger partial charge in [-0.05, 0) is 42.5 Å². The molecule has 0 saturated heterocycles. The number of hydrogen-bond acceptors (Lipinski definition) is 3. The maximum absolute atomic E-state index is 11.6. The molecular formula is C15H12NO3. The molecule has 1 amide bonds. The summed E-state index contributed by atoms with van der Waals surface area (Å²) in [6.45, 7) is -0.0761. The van der Waals surface area contributed by atoms with Gasteiger partial charge in [0.25, 0.3) is 5.91 Å². The molecule has 0 aliphatic carbocycles. The normalized spacial score (nSPS) is 9.68. The van der Waals surface area contributed by atoms with Gasteiger partial charge in [0.15, 0.2) is 6.61 Å². The van der Waals surface area contributed by atoms with Crippen molar-refractivity contribution in [2.24, 2.45) is 0 Å². The fourth-order valence-corrected chi connectivity index (χ4v) is 1.46. The Labute approximate surface area is 111 Å². The summed E-state index contributed by atoms with van der Waals surface area (Å²) in [5.74, 6) is 0.330. The van der Waals surface area contributed by atoms with E-state index in [9.17, 15) is 9.59 Å². The van der Waals surface area contributed by atoms with Crippen LogP contribution in [0.25, 0.3) is 0 Å². The Morgan fingerprint density at radius 2 is 2.05 bits per heavy atom. The molecule has 1 N–H and O–H groups in total. The molecule has 95 valence electrons. The second-order valence-corrected chi connectivity index (χ2v) is 3.82. The Hall–Kier alpha value is -2.62. The molecule has 0 aliphatic rings. The molecule has 0 atom stereocenters. The highest BCUT2D eigenvalue weighted by Crippen LogP contribution is 2.10. The molecule has 19 heavy (non-hydrogen) atoms. The zero-order valence-electron chi connectivity index (χ0n) is 10.1. The van der Waals surface area contributed by atoms with Crippen LogP contribution in [0.15, 0.2) is 48.5 Å². The molecule has 0 fully saturated rings. The third-order valence-electron chi connectivity index (χ3n) is 2.38. The second-order valence-electron chi connectivity index (χ2n) is 3.82. The van der Waals surface area contributed by atoms with Gasteiger partial charge < -0.3 is 10.1 Å². The standard InChI is InChI=1S/C15H12NO3/c17-10-12-6-8-13(9-7-12)16-15(18)11-19-14-4-2-1-3-5-14/h1-2,4-10H,11H2,(H,16,18). The van der Waals surface area contributed by atoms with Gasteiger partial charge in [0.1, 0.15) is 12.0 Å². The lowest BCUT2D eigenvalue weighted by Gasteiger charge is -2.07. The van der Waals surface area contributed by atoms with E-state index in [4.69, 9.17) is 4.74 Å². The lowest BCUT2D eigenvalue weighted by molar-refractivity contribution is -0.118. The molecule has 2 aromatic carbocycles. The van der Waals surface area contributed by atoms with Gasteiger partial charge >= 0.3 is 0 Å². The summed E-state index contributed by atoms with van der Waals surface area (Å²) < 4.78 is 5.29. The molecule has 2 aromatic rings. The summed E-state index contributed by atoms with van der Waals surface area (Å²) in [5, 5.41) is 2.67. The summed E-state index contributed by atoms with van der Waals surface area (Å²) in [5.41, 5.74) is 1.19. The van der Waals surface area contributed by atoms with Crippen molar-refractivity contribution in [1.29, 1.82) is 0 Å². The third-order valence-corrected chi connectivity index (χ3v) is 2.38. The third kappa shape index (κ3) is 3.96. The van der Waals surface area contributed by atoms with Crippen molar-refractivity contribution in [3.8, 4) is 5.75 Å². The second kappa shape index (κ2) is 6.35. The van der Waals surface area contributed by atoms with Crippen LogP contribution >= 0.6 is 0 Å². The van der Waals surface area contributed by atoms with Gasteiger partial charge in [0, 0.05) is 11.3 Å². The van der Waals surface area contributed by atoms with Crippen molar-refractivity contribution >= 4 is 17.9 Å². The number of carbonyl (C=O) groups excluding carboxylic acids is 2. The molecule has 0 bridgehead atoms. The minimum atomic E-state index is -0.261. The number of amides is 1. The molecule has 0 spiro atoms. The lowest BCUT2D eigenvalue weighted by atomic mass is 10.2. The smallest absolute Gasteiger partial charge is 0.262 e. The van der Waals surface area contributed by atoms with Gasteiger partial charge in [-0.25, -0.2) is 0 Å². The first kappa shape index (κ1) is 12.8. The van der Waals surface area contributed by atoms with Crippen molar-refractivity contribution in [3.63, 3.8) is 0 Å². The number of nitrogens with one attached hydrogen (secondary N) is 1. The Kier molecular flexibility index (Phi) is 4.29. The molecule has 0 heterocycles. The van der Waals surface area contributed by atoms with Crippen LogP contribution in [0.1, 0.15) is 10.4 Å².